The van der Waals surface area contributed by atoms with Crippen LogP contribution >= 0.6 is 0 Å². The Morgan fingerprint density at radius 2 is 2.00 bits per heavy atom. The zero-order valence-electron chi connectivity index (χ0n) is 14.6. The van der Waals surface area contributed by atoms with Crippen molar-refractivity contribution >= 4 is 5.78 Å². The highest BCUT2D eigenvalue weighted by atomic mass is 16.1. The Hall–Kier alpha value is -1.57. The van der Waals surface area contributed by atoms with Crippen molar-refractivity contribution in [3.8, 4) is 0 Å². The van der Waals surface area contributed by atoms with Gasteiger partial charge in [-0.2, -0.15) is 0 Å². The highest BCUT2D eigenvalue weighted by Crippen LogP contribution is 2.37. The third-order valence-corrected chi connectivity index (χ3v) is 4.57. The topological polar surface area (TPSA) is 20.3 Å². The van der Waals surface area contributed by atoms with Crippen molar-refractivity contribution in [2.75, 3.05) is 6.54 Å². The molecule has 2 nitrogen and oxygen atoms in total. The van der Waals surface area contributed by atoms with E-state index in [1.165, 1.54) is 0 Å². The van der Waals surface area contributed by atoms with Gasteiger partial charge in [0.1, 0.15) is 0 Å². The molecule has 1 aliphatic heterocycles. The van der Waals surface area contributed by atoms with E-state index in [2.05, 4.69) is 63.9 Å². The van der Waals surface area contributed by atoms with Crippen LogP contribution in [0.4, 0.5) is 0 Å². The number of carbonyl (C=O) groups excluding carboxylic acids is 1. The van der Waals surface area contributed by atoms with Crippen molar-refractivity contribution in [1.82, 2.24) is 4.90 Å². The molecule has 0 aromatic carbocycles. The zero-order chi connectivity index (χ0) is 16.4. The SMILES string of the molecule is CC1(C)CCN(C(C)(C)C)C=C1C(=O)C=CC1=CCCC=C1. The van der Waals surface area contributed by atoms with E-state index in [0.29, 0.717) is 0 Å². The summed E-state index contributed by atoms with van der Waals surface area (Å²) in [5, 5.41) is 0. The average Bonchev–Trinajstić information content (AvgIpc) is 2.44. The van der Waals surface area contributed by atoms with Crippen LogP contribution in [0.2, 0.25) is 0 Å². The number of hydrogen-bond acceptors (Lipinski definition) is 2. The molecule has 0 unspecified atom stereocenters. The Morgan fingerprint density at radius 3 is 2.59 bits per heavy atom. The van der Waals surface area contributed by atoms with E-state index in [1.807, 2.05) is 6.08 Å². The lowest BCUT2D eigenvalue weighted by Gasteiger charge is -2.43. The van der Waals surface area contributed by atoms with Gasteiger partial charge >= 0.3 is 0 Å². The van der Waals surface area contributed by atoms with Gasteiger partial charge in [-0.3, -0.25) is 4.79 Å². The van der Waals surface area contributed by atoms with E-state index in [1.54, 1.807) is 6.08 Å². The van der Waals surface area contributed by atoms with E-state index in [-0.39, 0.29) is 16.7 Å². The van der Waals surface area contributed by atoms with Crippen LogP contribution in [0.3, 0.4) is 0 Å². The van der Waals surface area contributed by atoms with Crippen LogP contribution in [0.15, 0.2) is 47.7 Å². The summed E-state index contributed by atoms with van der Waals surface area (Å²) in [6.07, 6.45) is 15.4. The van der Waals surface area contributed by atoms with Crippen LogP contribution in [0.1, 0.15) is 53.9 Å². The molecule has 0 fully saturated rings. The Labute approximate surface area is 135 Å². The molecule has 0 saturated carbocycles. The molecule has 0 radical (unpaired) electrons. The first kappa shape index (κ1) is 16.8. The molecule has 0 saturated heterocycles. The molecule has 0 N–H and O–H groups in total. The standard InChI is InChI=1S/C20H29NO/c1-19(2,3)21-14-13-20(4,5)17(15-21)18(22)12-11-16-9-7-6-8-10-16/h7,9-12,15H,6,8,13-14H2,1-5H3. The molecule has 1 heterocycles. The predicted molar refractivity (Wildman–Crippen MR) is 93.5 cm³/mol. The first-order chi connectivity index (χ1) is 10.2. The van der Waals surface area contributed by atoms with E-state index < -0.39 is 0 Å². The average molecular weight is 299 g/mol. The fourth-order valence-electron chi connectivity index (χ4n) is 2.87. The number of nitrogens with zero attached hydrogens (tertiary/aromatic N) is 1. The predicted octanol–water partition coefficient (Wildman–Crippen LogP) is 4.80. The van der Waals surface area contributed by atoms with Crippen LogP contribution < -0.4 is 0 Å². The van der Waals surface area contributed by atoms with Gasteiger partial charge in [-0.15, -0.1) is 0 Å². The number of hydrogen-bond donors (Lipinski definition) is 0. The van der Waals surface area contributed by atoms with Crippen molar-refractivity contribution in [3.63, 3.8) is 0 Å². The van der Waals surface area contributed by atoms with Crippen LogP contribution in [-0.4, -0.2) is 22.8 Å². The second kappa shape index (κ2) is 6.28. The summed E-state index contributed by atoms with van der Waals surface area (Å²) >= 11 is 0. The summed E-state index contributed by atoms with van der Waals surface area (Å²) in [6.45, 7) is 11.9. The van der Waals surface area contributed by atoms with E-state index in [4.69, 9.17) is 0 Å². The molecule has 0 aromatic rings. The Kier molecular flexibility index (Phi) is 4.79. The molecule has 0 spiro atoms. The van der Waals surface area contributed by atoms with Crippen molar-refractivity contribution < 1.29 is 4.79 Å². The van der Waals surface area contributed by atoms with Crippen LogP contribution in [0.5, 0.6) is 0 Å². The Morgan fingerprint density at radius 1 is 1.27 bits per heavy atom. The third-order valence-electron chi connectivity index (χ3n) is 4.57. The fourth-order valence-corrected chi connectivity index (χ4v) is 2.87. The van der Waals surface area contributed by atoms with Gasteiger partial charge in [-0.05, 0) is 57.1 Å². The first-order valence-electron chi connectivity index (χ1n) is 8.28. The van der Waals surface area contributed by atoms with Crippen molar-refractivity contribution in [2.45, 2.75) is 59.4 Å². The van der Waals surface area contributed by atoms with E-state index in [0.717, 1.165) is 37.0 Å². The maximum absolute atomic E-state index is 12.7. The minimum absolute atomic E-state index is 0.0556. The summed E-state index contributed by atoms with van der Waals surface area (Å²) < 4.78 is 0. The highest BCUT2D eigenvalue weighted by Gasteiger charge is 2.34. The summed E-state index contributed by atoms with van der Waals surface area (Å²) in [6, 6.07) is 0. The van der Waals surface area contributed by atoms with Gasteiger partial charge < -0.3 is 4.90 Å². The van der Waals surface area contributed by atoms with Crippen LogP contribution in [0, 0.1) is 5.41 Å². The molecule has 0 atom stereocenters. The summed E-state index contributed by atoms with van der Waals surface area (Å²) in [5.41, 5.74) is 2.06. The number of ketones is 1. The lowest BCUT2D eigenvalue weighted by atomic mass is 9.76. The second-order valence-electron chi connectivity index (χ2n) is 7.92. The zero-order valence-corrected chi connectivity index (χ0v) is 14.6. The normalized spacial score (nSPS) is 21.8. The molecule has 120 valence electrons. The molecule has 2 heteroatoms. The van der Waals surface area contributed by atoms with E-state index >= 15 is 0 Å². The molecule has 0 aromatic heterocycles. The minimum atomic E-state index is -0.0556. The second-order valence-corrected chi connectivity index (χ2v) is 7.92. The van der Waals surface area contributed by atoms with Crippen LogP contribution in [-0.2, 0) is 4.79 Å². The number of allylic oxidation sites excluding steroid dienone is 7. The van der Waals surface area contributed by atoms with Gasteiger partial charge in [0.2, 0.25) is 0 Å². The maximum atomic E-state index is 12.7. The minimum Gasteiger partial charge on any atom is -0.372 e. The van der Waals surface area contributed by atoms with Crippen LogP contribution in [0.25, 0.3) is 0 Å². The van der Waals surface area contributed by atoms with Gasteiger partial charge in [0.25, 0.3) is 0 Å². The van der Waals surface area contributed by atoms with Gasteiger partial charge in [-0.1, -0.05) is 38.2 Å². The van der Waals surface area contributed by atoms with Crippen molar-refractivity contribution in [1.29, 1.82) is 0 Å². The molecule has 1 aliphatic carbocycles. The van der Waals surface area contributed by atoms with Gasteiger partial charge in [-0.25, -0.2) is 0 Å². The van der Waals surface area contributed by atoms with Crippen molar-refractivity contribution in [3.05, 3.63) is 47.7 Å². The molecular formula is C20H29NO. The monoisotopic (exact) mass is 299 g/mol. The first-order valence-corrected chi connectivity index (χ1v) is 8.28. The lowest BCUT2D eigenvalue weighted by molar-refractivity contribution is -0.112. The molecule has 2 rings (SSSR count). The molecular weight excluding hydrogens is 270 g/mol. The van der Waals surface area contributed by atoms with Gasteiger partial charge in [0, 0.05) is 23.9 Å². The largest absolute Gasteiger partial charge is 0.372 e. The molecule has 0 amide bonds. The summed E-state index contributed by atoms with van der Waals surface area (Å²) in [4.78, 5) is 15.0. The van der Waals surface area contributed by atoms with Gasteiger partial charge in [0.05, 0.1) is 0 Å². The molecule has 22 heavy (non-hydrogen) atoms. The summed E-state index contributed by atoms with van der Waals surface area (Å²) in [5.74, 6) is 0.138. The lowest BCUT2D eigenvalue weighted by Crippen LogP contribution is -2.44. The molecule has 2 aliphatic rings. The maximum Gasteiger partial charge on any atom is 0.183 e. The highest BCUT2D eigenvalue weighted by molar-refractivity contribution is 6.05. The Balaban J connectivity index is 2.21. The fraction of sp³-hybridized carbons (Fsp3) is 0.550. The summed E-state index contributed by atoms with van der Waals surface area (Å²) in [7, 11) is 0. The smallest absolute Gasteiger partial charge is 0.183 e. The van der Waals surface area contributed by atoms with Gasteiger partial charge in [0.15, 0.2) is 5.78 Å². The number of carbonyl (C=O) groups is 1. The number of rotatable bonds is 3. The quantitative estimate of drug-likeness (QED) is 0.697. The van der Waals surface area contributed by atoms with Crippen molar-refractivity contribution in [2.24, 2.45) is 5.41 Å². The molecule has 0 bridgehead atoms. The Bertz CT molecular complexity index is 553. The third kappa shape index (κ3) is 4.00. The van der Waals surface area contributed by atoms with E-state index in [9.17, 15) is 4.79 Å².